The molecule has 0 unspecified atom stereocenters. The van der Waals surface area contributed by atoms with Gasteiger partial charge < -0.3 is 14.9 Å². The minimum atomic E-state index is -0.964. The minimum absolute atomic E-state index is 0.0943. The zero-order valence-corrected chi connectivity index (χ0v) is 13.9. The summed E-state index contributed by atoms with van der Waals surface area (Å²) in [4.78, 5) is 61.7. The second-order valence-corrected chi connectivity index (χ2v) is 6.51. The molecule has 1 N–H and O–H groups in total. The number of hydrogen-bond donors (Lipinski definition) is 1. The number of rotatable bonds is 6. The molecule has 24 heavy (non-hydrogen) atoms. The highest BCUT2D eigenvalue weighted by atomic mass is 32.2. The number of amides is 4. The molecular weight excluding hydrogens is 338 g/mol. The monoisotopic (exact) mass is 357 g/mol. The zero-order valence-electron chi connectivity index (χ0n) is 13.1. The average molecular weight is 357 g/mol. The molecule has 0 radical (unpaired) electrons. The van der Waals surface area contributed by atoms with Crippen molar-refractivity contribution in [1.29, 1.82) is 0 Å². The maximum Gasteiger partial charge on any atom is 0.313 e. The summed E-state index contributed by atoms with van der Waals surface area (Å²) in [5.41, 5.74) is 0. The Labute approximate surface area is 142 Å². The van der Waals surface area contributed by atoms with Crippen LogP contribution in [-0.4, -0.2) is 93.6 Å². The first-order valence-electron chi connectivity index (χ1n) is 7.56. The largest absolute Gasteiger partial charge is 0.481 e. The van der Waals surface area contributed by atoms with Crippen molar-refractivity contribution in [2.45, 2.75) is 12.8 Å². The van der Waals surface area contributed by atoms with Crippen molar-refractivity contribution in [1.82, 2.24) is 14.7 Å². The molecule has 2 saturated heterocycles. The molecule has 9 nitrogen and oxygen atoms in total. The van der Waals surface area contributed by atoms with E-state index < -0.39 is 5.97 Å². The first kappa shape index (κ1) is 18.2. The Balaban J connectivity index is 1.74. The predicted octanol–water partition coefficient (Wildman–Crippen LogP) is -1.38. The quantitative estimate of drug-likeness (QED) is 0.583. The number of nitrogens with zero attached hydrogens (tertiary/aromatic N) is 3. The summed E-state index contributed by atoms with van der Waals surface area (Å²) in [6.07, 6.45) is 0.310. The average Bonchev–Trinajstić information content (AvgIpc) is 2.86. The van der Waals surface area contributed by atoms with Gasteiger partial charge >= 0.3 is 5.97 Å². The van der Waals surface area contributed by atoms with E-state index in [2.05, 4.69) is 0 Å². The van der Waals surface area contributed by atoms with Crippen LogP contribution in [0, 0.1) is 0 Å². The highest BCUT2D eigenvalue weighted by Gasteiger charge is 2.32. The number of carbonyl (C=O) groups excluding carboxylic acids is 4. The molecule has 0 aliphatic carbocycles. The first-order chi connectivity index (χ1) is 11.4. The second-order valence-electron chi connectivity index (χ2n) is 5.52. The number of piperazine rings is 1. The van der Waals surface area contributed by atoms with Gasteiger partial charge in [0.1, 0.15) is 6.54 Å². The molecule has 2 aliphatic heterocycles. The molecule has 10 heteroatoms. The molecule has 2 fully saturated rings. The molecule has 0 aromatic rings. The van der Waals surface area contributed by atoms with E-state index in [9.17, 15) is 24.0 Å². The van der Waals surface area contributed by atoms with E-state index >= 15 is 0 Å². The fraction of sp³-hybridized carbons (Fsp3) is 0.643. The lowest BCUT2D eigenvalue weighted by atomic mass is 10.3. The SMILES string of the molecule is O=C(O)CSCC(=O)N1CCN(C(=O)CN2C(=O)CCC2=O)CC1. The van der Waals surface area contributed by atoms with Crippen LogP contribution in [0.4, 0.5) is 0 Å². The standard InChI is InChI=1S/C14H19N3O6S/c18-10-1-2-11(19)17(10)7-12(20)15-3-5-16(6-4-15)13(21)8-24-9-14(22)23/h1-9H2,(H,22,23). The normalized spacial score (nSPS) is 18.2. The van der Waals surface area contributed by atoms with Crippen molar-refractivity contribution in [2.24, 2.45) is 0 Å². The van der Waals surface area contributed by atoms with Gasteiger partial charge in [0.2, 0.25) is 23.6 Å². The van der Waals surface area contributed by atoms with Crippen LogP contribution in [0.3, 0.4) is 0 Å². The van der Waals surface area contributed by atoms with Gasteiger partial charge in [0.25, 0.3) is 0 Å². The molecule has 0 atom stereocenters. The van der Waals surface area contributed by atoms with Crippen LogP contribution >= 0.6 is 11.8 Å². The highest BCUT2D eigenvalue weighted by Crippen LogP contribution is 2.13. The van der Waals surface area contributed by atoms with Gasteiger partial charge in [-0.1, -0.05) is 0 Å². The lowest BCUT2D eigenvalue weighted by molar-refractivity contribution is -0.146. The number of thioether (sulfide) groups is 1. The molecule has 0 bridgehead atoms. The van der Waals surface area contributed by atoms with Crippen molar-refractivity contribution in [2.75, 3.05) is 44.2 Å². The summed E-state index contributed by atoms with van der Waals surface area (Å²) in [6, 6.07) is 0. The fourth-order valence-corrected chi connectivity index (χ4v) is 3.19. The van der Waals surface area contributed by atoms with Gasteiger partial charge in [-0.15, -0.1) is 11.8 Å². The van der Waals surface area contributed by atoms with Gasteiger partial charge in [0.05, 0.1) is 11.5 Å². The van der Waals surface area contributed by atoms with Crippen LogP contribution < -0.4 is 0 Å². The van der Waals surface area contributed by atoms with E-state index in [1.807, 2.05) is 0 Å². The third-order valence-electron chi connectivity index (χ3n) is 3.88. The van der Waals surface area contributed by atoms with Crippen LogP contribution in [0.2, 0.25) is 0 Å². The van der Waals surface area contributed by atoms with Crippen molar-refractivity contribution >= 4 is 41.4 Å². The summed E-state index contributed by atoms with van der Waals surface area (Å²) >= 11 is 1.04. The van der Waals surface area contributed by atoms with E-state index in [-0.39, 0.29) is 54.5 Å². The van der Waals surface area contributed by atoms with Crippen LogP contribution in [0.1, 0.15) is 12.8 Å². The van der Waals surface area contributed by atoms with Crippen LogP contribution in [0.5, 0.6) is 0 Å². The van der Waals surface area contributed by atoms with Gasteiger partial charge in [-0.05, 0) is 0 Å². The van der Waals surface area contributed by atoms with E-state index in [1.54, 1.807) is 4.90 Å². The molecule has 2 heterocycles. The van der Waals surface area contributed by atoms with Crippen LogP contribution in [-0.2, 0) is 24.0 Å². The Bertz CT molecular complexity index is 543. The summed E-state index contributed by atoms with van der Waals surface area (Å²) in [7, 11) is 0. The molecule has 0 spiro atoms. The Kier molecular flexibility index (Phi) is 6.18. The number of carbonyl (C=O) groups is 5. The number of imide groups is 1. The molecule has 132 valence electrons. The maximum absolute atomic E-state index is 12.2. The summed E-state index contributed by atoms with van der Waals surface area (Å²) in [5.74, 6) is -2.09. The van der Waals surface area contributed by atoms with Gasteiger partial charge in [-0.25, -0.2) is 0 Å². The van der Waals surface area contributed by atoms with Crippen LogP contribution in [0.15, 0.2) is 0 Å². The number of carboxylic acids is 1. The number of aliphatic carboxylic acids is 1. The Morgan fingerprint density at radius 1 is 0.875 bits per heavy atom. The molecule has 4 amide bonds. The molecule has 0 aromatic heterocycles. The summed E-state index contributed by atoms with van der Waals surface area (Å²) in [6.45, 7) is 1.16. The molecule has 2 aliphatic rings. The molecule has 0 saturated carbocycles. The van der Waals surface area contributed by atoms with Crippen molar-refractivity contribution in [3.05, 3.63) is 0 Å². The van der Waals surface area contributed by atoms with Gasteiger partial charge in [-0.3, -0.25) is 28.9 Å². The fourth-order valence-electron chi connectivity index (χ4n) is 2.56. The minimum Gasteiger partial charge on any atom is -0.481 e. The Morgan fingerprint density at radius 3 is 1.88 bits per heavy atom. The Hall–Kier alpha value is -2.10. The Morgan fingerprint density at radius 2 is 1.38 bits per heavy atom. The van der Waals surface area contributed by atoms with Gasteiger partial charge in [0, 0.05) is 39.0 Å². The van der Waals surface area contributed by atoms with E-state index in [0.29, 0.717) is 26.2 Å². The van der Waals surface area contributed by atoms with Crippen molar-refractivity contribution in [3.63, 3.8) is 0 Å². The lowest BCUT2D eigenvalue weighted by Crippen LogP contribution is -2.53. The lowest BCUT2D eigenvalue weighted by Gasteiger charge is -2.35. The number of hydrogen-bond acceptors (Lipinski definition) is 6. The number of likely N-dealkylation sites (tertiary alicyclic amines) is 1. The van der Waals surface area contributed by atoms with E-state index in [4.69, 9.17) is 5.11 Å². The summed E-state index contributed by atoms with van der Waals surface area (Å²) < 4.78 is 0. The van der Waals surface area contributed by atoms with Crippen molar-refractivity contribution in [3.8, 4) is 0 Å². The van der Waals surface area contributed by atoms with Gasteiger partial charge in [0.15, 0.2) is 0 Å². The molecule has 2 rings (SSSR count). The third kappa shape index (κ3) is 4.70. The molecular formula is C14H19N3O6S. The van der Waals surface area contributed by atoms with Crippen LogP contribution in [0.25, 0.3) is 0 Å². The number of carboxylic acid groups (broad SMARTS) is 1. The predicted molar refractivity (Wildman–Crippen MR) is 84.1 cm³/mol. The van der Waals surface area contributed by atoms with Crippen molar-refractivity contribution < 1.29 is 29.1 Å². The first-order valence-corrected chi connectivity index (χ1v) is 8.72. The second kappa shape index (κ2) is 8.13. The smallest absolute Gasteiger partial charge is 0.313 e. The van der Waals surface area contributed by atoms with E-state index in [0.717, 1.165) is 16.7 Å². The topological polar surface area (TPSA) is 115 Å². The zero-order chi connectivity index (χ0) is 17.7. The third-order valence-corrected chi connectivity index (χ3v) is 4.79. The molecule has 0 aromatic carbocycles. The highest BCUT2D eigenvalue weighted by molar-refractivity contribution is 8.00. The van der Waals surface area contributed by atoms with Gasteiger partial charge in [-0.2, -0.15) is 0 Å². The summed E-state index contributed by atoms with van der Waals surface area (Å²) in [5, 5.41) is 8.55. The maximum atomic E-state index is 12.2. The van der Waals surface area contributed by atoms with E-state index in [1.165, 1.54) is 4.90 Å².